The van der Waals surface area contributed by atoms with Crippen LogP contribution in [-0.2, 0) is 6.42 Å². The van der Waals surface area contributed by atoms with Crippen LogP contribution >= 0.6 is 0 Å². The number of aryl methyl sites for hydroxylation is 2. The van der Waals surface area contributed by atoms with Crippen molar-refractivity contribution >= 4 is 44.6 Å². The van der Waals surface area contributed by atoms with Gasteiger partial charge in [-0.3, -0.25) is 0 Å². The molecule has 0 aliphatic carbocycles. The van der Waals surface area contributed by atoms with Gasteiger partial charge in [0, 0.05) is 35.2 Å². The summed E-state index contributed by atoms with van der Waals surface area (Å²) >= 11 is 0. The van der Waals surface area contributed by atoms with Crippen LogP contribution in [0, 0.1) is 40.9 Å². The summed E-state index contributed by atoms with van der Waals surface area (Å²) in [6.45, 7) is 8.31. The summed E-state index contributed by atoms with van der Waals surface area (Å²) in [7, 11) is 1.89. The van der Waals surface area contributed by atoms with E-state index in [2.05, 4.69) is 92.1 Å². The summed E-state index contributed by atoms with van der Waals surface area (Å²) < 4.78 is 2.05. The second kappa shape index (κ2) is 14.4. The lowest BCUT2D eigenvalue weighted by atomic mass is 9.94. The zero-order valence-corrected chi connectivity index (χ0v) is 30.7. The van der Waals surface area contributed by atoms with Gasteiger partial charge in [0.1, 0.15) is 34.9 Å². The Labute approximate surface area is 311 Å². The lowest BCUT2D eigenvalue weighted by molar-refractivity contribution is 0.786. The van der Waals surface area contributed by atoms with E-state index in [4.69, 9.17) is 0 Å². The molecule has 0 fully saturated rings. The molecule has 0 unspecified atom stereocenters. The van der Waals surface area contributed by atoms with Gasteiger partial charge in [0.2, 0.25) is 0 Å². The van der Waals surface area contributed by atoms with Crippen molar-refractivity contribution in [1.29, 1.82) is 15.8 Å². The van der Waals surface area contributed by atoms with Crippen molar-refractivity contribution in [3.05, 3.63) is 149 Å². The third-order valence-electron chi connectivity index (χ3n) is 10.1. The van der Waals surface area contributed by atoms with E-state index < -0.39 is 0 Å². The summed E-state index contributed by atoms with van der Waals surface area (Å²) in [6, 6.07) is 48.4. The monoisotopic (exact) mass is 688 g/mol. The number of nitrogens with zero attached hydrogens (tertiary/aromatic N) is 6. The largest absolute Gasteiger partial charge is 0.342 e. The van der Waals surface area contributed by atoms with Crippen LogP contribution in [-0.4, -0.2) is 17.7 Å². The highest BCUT2D eigenvalue weighted by atomic mass is 15.2. The Morgan fingerprint density at radius 1 is 0.642 bits per heavy atom. The van der Waals surface area contributed by atoms with E-state index in [9.17, 15) is 15.8 Å². The van der Waals surface area contributed by atoms with Crippen LogP contribution in [0.4, 0.5) is 22.7 Å². The van der Waals surface area contributed by atoms with Crippen molar-refractivity contribution in [3.8, 4) is 35.0 Å². The zero-order chi connectivity index (χ0) is 37.2. The molecule has 0 aliphatic rings. The lowest BCUT2D eigenvalue weighted by Crippen LogP contribution is -2.29. The molecule has 1 aromatic heterocycles. The number of hydrogen-bond acceptors (Lipinski definition) is 5. The molecule has 53 heavy (non-hydrogen) atoms. The van der Waals surface area contributed by atoms with Gasteiger partial charge in [-0.25, -0.2) is 0 Å². The van der Waals surface area contributed by atoms with E-state index in [1.807, 2.05) is 96.6 Å². The Hall–Kier alpha value is -6.81. The predicted molar refractivity (Wildman–Crippen MR) is 217 cm³/mol. The zero-order valence-electron chi connectivity index (χ0n) is 30.7. The predicted octanol–water partition coefficient (Wildman–Crippen LogP) is 11.6. The molecule has 0 amide bonds. The number of rotatable bonds is 9. The lowest BCUT2D eigenvalue weighted by Gasteiger charge is -2.34. The van der Waals surface area contributed by atoms with Gasteiger partial charge in [-0.15, -0.1) is 0 Å². The number of hydrogen-bond donors (Lipinski definition) is 0. The van der Waals surface area contributed by atoms with Gasteiger partial charge in [0.15, 0.2) is 0 Å². The van der Waals surface area contributed by atoms with E-state index in [0.29, 0.717) is 17.1 Å². The van der Waals surface area contributed by atoms with Gasteiger partial charge >= 0.3 is 0 Å². The minimum atomic E-state index is -0.140. The number of anilines is 4. The number of nitriles is 3. The van der Waals surface area contributed by atoms with E-state index in [-0.39, 0.29) is 22.7 Å². The molecule has 0 N–H and O–H groups in total. The average molecular weight is 689 g/mol. The van der Waals surface area contributed by atoms with Crippen molar-refractivity contribution in [2.45, 2.75) is 46.6 Å². The Bertz CT molecular complexity index is 2610. The molecule has 0 radical (unpaired) electrons. The first-order valence-electron chi connectivity index (χ1n) is 18.0. The van der Waals surface area contributed by atoms with Crippen molar-refractivity contribution < 1.29 is 0 Å². The van der Waals surface area contributed by atoms with Crippen LogP contribution in [0.15, 0.2) is 121 Å². The van der Waals surface area contributed by atoms with Crippen LogP contribution in [0.1, 0.15) is 55.0 Å². The summed E-state index contributed by atoms with van der Waals surface area (Å²) in [5, 5.41) is 35.6. The molecule has 6 aromatic carbocycles. The summed E-state index contributed by atoms with van der Waals surface area (Å²) in [4.78, 5) is 3.98. The molecule has 0 atom stereocenters. The molecule has 0 aliphatic heterocycles. The average Bonchev–Trinajstić information content (AvgIpc) is 3.51. The first-order chi connectivity index (χ1) is 25.8. The molecular formula is C47H40N6. The quantitative estimate of drug-likeness (QED) is 0.151. The first-order valence-corrected chi connectivity index (χ1v) is 18.0. The van der Waals surface area contributed by atoms with Crippen LogP contribution in [0.2, 0.25) is 0 Å². The van der Waals surface area contributed by atoms with E-state index in [0.717, 1.165) is 62.7 Å². The number of benzene rings is 6. The summed E-state index contributed by atoms with van der Waals surface area (Å²) in [5.74, 6) is 0. The standard InChI is InChI=1S/C47H40N6/c1-6-14-33-21-23-34(24-22-33)35-25-26-44-38(27-35)37-18-11-13-20-43(37)53(44)47-40(29-49)45(51(5)42-19-12-10-15-32(42)4)39(28-48)46(41(47)30-50)52(31(2)3)36-16-8-7-9-17-36/h7-13,15-27,31H,6,14H2,1-5H3. The van der Waals surface area contributed by atoms with Gasteiger partial charge in [0.05, 0.1) is 28.1 Å². The molecule has 7 rings (SSSR count). The highest BCUT2D eigenvalue weighted by molar-refractivity contribution is 6.11. The maximum absolute atomic E-state index is 11.3. The van der Waals surface area contributed by atoms with Crippen LogP contribution in [0.25, 0.3) is 38.6 Å². The van der Waals surface area contributed by atoms with Crippen molar-refractivity contribution in [2.75, 3.05) is 16.8 Å². The van der Waals surface area contributed by atoms with Gasteiger partial charge in [-0.2, -0.15) is 15.8 Å². The van der Waals surface area contributed by atoms with Gasteiger partial charge in [-0.1, -0.05) is 98.3 Å². The fourth-order valence-corrected chi connectivity index (χ4v) is 7.71. The highest BCUT2D eigenvalue weighted by Gasteiger charge is 2.33. The van der Waals surface area contributed by atoms with Crippen LogP contribution in [0.5, 0.6) is 0 Å². The molecule has 258 valence electrons. The van der Waals surface area contributed by atoms with Crippen molar-refractivity contribution in [1.82, 2.24) is 4.57 Å². The smallest absolute Gasteiger partial charge is 0.104 e. The van der Waals surface area contributed by atoms with Gasteiger partial charge in [0.25, 0.3) is 0 Å². The second-order valence-electron chi connectivity index (χ2n) is 13.7. The third-order valence-corrected chi connectivity index (χ3v) is 10.1. The second-order valence-corrected chi connectivity index (χ2v) is 13.7. The Balaban J connectivity index is 1.63. The summed E-state index contributed by atoms with van der Waals surface area (Å²) in [6.07, 6.45) is 2.14. The third kappa shape index (κ3) is 5.93. The SMILES string of the molecule is CCCc1ccc(-c2ccc3c(c2)c2ccccc2n3-c2c(C#N)c(N(C)c3ccccc3C)c(C#N)c(N(c3ccccc3)C(C)C)c2C#N)cc1. The summed E-state index contributed by atoms with van der Waals surface area (Å²) in [5.41, 5.74) is 10.1. The normalized spacial score (nSPS) is 11.0. The number of para-hydroxylation sites is 3. The minimum Gasteiger partial charge on any atom is -0.342 e. The van der Waals surface area contributed by atoms with Crippen LogP contribution < -0.4 is 9.80 Å². The van der Waals surface area contributed by atoms with Crippen molar-refractivity contribution in [2.24, 2.45) is 0 Å². The van der Waals surface area contributed by atoms with Crippen LogP contribution in [0.3, 0.4) is 0 Å². The minimum absolute atomic E-state index is 0.140. The Morgan fingerprint density at radius 2 is 1.25 bits per heavy atom. The highest BCUT2D eigenvalue weighted by Crippen LogP contribution is 2.48. The van der Waals surface area contributed by atoms with Gasteiger partial charge < -0.3 is 14.4 Å². The topological polar surface area (TPSA) is 82.8 Å². The van der Waals surface area contributed by atoms with E-state index in [1.54, 1.807) is 0 Å². The molecule has 6 heteroatoms. The Morgan fingerprint density at radius 3 is 1.91 bits per heavy atom. The van der Waals surface area contributed by atoms with E-state index in [1.165, 1.54) is 5.56 Å². The number of fused-ring (bicyclic) bond motifs is 3. The Kier molecular flexibility index (Phi) is 9.43. The first kappa shape index (κ1) is 34.6. The maximum atomic E-state index is 11.3. The fraction of sp³-hybridized carbons (Fsp3) is 0.170. The van der Waals surface area contributed by atoms with Crippen molar-refractivity contribution in [3.63, 3.8) is 0 Å². The molecule has 0 saturated heterocycles. The van der Waals surface area contributed by atoms with E-state index >= 15 is 0 Å². The molecular weight excluding hydrogens is 649 g/mol. The fourth-order valence-electron chi connectivity index (χ4n) is 7.71. The maximum Gasteiger partial charge on any atom is 0.104 e. The molecule has 1 heterocycles. The molecule has 0 spiro atoms. The molecule has 7 aromatic rings. The molecule has 0 bridgehead atoms. The number of aromatic nitrogens is 1. The van der Waals surface area contributed by atoms with Gasteiger partial charge in [-0.05, 0) is 85.8 Å². The molecule has 0 saturated carbocycles. The molecule has 6 nitrogen and oxygen atoms in total.